The number of rotatable bonds is 7. The molecule has 26 heavy (non-hydrogen) atoms. The van der Waals surface area contributed by atoms with Gasteiger partial charge in [-0.2, -0.15) is 0 Å². The molecule has 7 nitrogen and oxygen atoms in total. The Kier molecular flexibility index (Phi) is 6.77. The van der Waals surface area contributed by atoms with Gasteiger partial charge in [0, 0.05) is 47.0 Å². The quantitative estimate of drug-likeness (QED) is 0.467. The van der Waals surface area contributed by atoms with Gasteiger partial charge in [-0.3, -0.25) is 0 Å². The highest BCUT2D eigenvalue weighted by Crippen LogP contribution is 2.14. The summed E-state index contributed by atoms with van der Waals surface area (Å²) in [5.41, 5.74) is 2.41. The highest BCUT2D eigenvalue weighted by atomic mass is 15.3. The topological polar surface area (TPSA) is 61.6 Å². The van der Waals surface area contributed by atoms with Crippen LogP contribution in [0.4, 0.5) is 5.69 Å². The van der Waals surface area contributed by atoms with Crippen LogP contribution in [0.15, 0.2) is 41.9 Å². The first kappa shape index (κ1) is 19.5. The summed E-state index contributed by atoms with van der Waals surface area (Å²) < 4.78 is 1.95. The van der Waals surface area contributed by atoms with Crippen LogP contribution in [0.2, 0.25) is 0 Å². The van der Waals surface area contributed by atoms with Gasteiger partial charge < -0.3 is 19.7 Å². The highest BCUT2D eigenvalue weighted by molar-refractivity contribution is 5.79. The number of aryl methyl sites for hydroxylation is 1. The minimum Gasteiger partial charge on any atom is -0.378 e. The molecule has 1 aromatic heterocycles. The van der Waals surface area contributed by atoms with Crippen LogP contribution >= 0.6 is 0 Å². The third-order valence-corrected chi connectivity index (χ3v) is 4.17. The van der Waals surface area contributed by atoms with E-state index in [0.717, 1.165) is 24.2 Å². The maximum atomic E-state index is 4.71. The van der Waals surface area contributed by atoms with Crippen molar-refractivity contribution in [3.63, 3.8) is 0 Å². The molecule has 1 N–H and O–H groups in total. The van der Waals surface area contributed by atoms with E-state index in [1.807, 2.05) is 45.8 Å². The van der Waals surface area contributed by atoms with Crippen molar-refractivity contribution in [1.29, 1.82) is 0 Å². The minimum atomic E-state index is 0.471. The number of hydrogen-bond acceptors (Lipinski definition) is 4. The first-order chi connectivity index (χ1) is 12.4. The number of aliphatic imine (C=N–C) groups is 1. The number of aromatic nitrogens is 3. The lowest BCUT2D eigenvalue weighted by atomic mass is 10.2. The van der Waals surface area contributed by atoms with E-state index >= 15 is 0 Å². The van der Waals surface area contributed by atoms with Crippen LogP contribution in [0.3, 0.4) is 0 Å². The van der Waals surface area contributed by atoms with Crippen LogP contribution in [0.5, 0.6) is 0 Å². The van der Waals surface area contributed by atoms with Gasteiger partial charge in [0.25, 0.3) is 0 Å². The van der Waals surface area contributed by atoms with E-state index in [0.29, 0.717) is 13.1 Å². The van der Waals surface area contributed by atoms with Gasteiger partial charge in [-0.05, 0) is 24.6 Å². The van der Waals surface area contributed by atoms with Gasteiger partial charge in [0.1, 0.15) is 12.4 Å². The van der Waals surface area contributed by atoms with Crippen LogP contribution in [-0.2, 0) is 20.1 Å². The van der Waals surface area contributed by atoms with E-state index in [1.165, 1.54) is 11.3 Å². The molecule has 0 aliphatic heterocycles. The molecular weight excluding hydrogens is 326 g/mol. The predicted octanol–water partition coefficient (Wildman–Crippen LogP) is 1.95. The van der Waals surface area contributed by atoms with E-state index in [2.05, 4.69) is 56.2 Å². The van der Waals surface area contributed by atoms with Gasteiger partial charge in [-0.1, -0.05) is 18.2 Å². The number of hydrogen-bond donors (Lipinski definition) is 1. The maximum Gasteiger partial charge on any atom is 0.194 e. The zero-order chi connectivity index (χ0) is 19.1. The van der Waals surface area contributed by atoms with Crippen LogP contribution < -0.4 is 10.2 Å². The van der Waals surface area contributed by atoms with Crippen molar-refractivity contribution in [3.8, 4) is 0 Å². The molecule has 2 rings (SSSR count). The summed E-state index contributed by atoms with van der Waals surface area (Å²) in [7, 11) is 8.07. The molecule has 1 aromatic carbocycles. The molecule has 0 radical (unpaired) electrons. The summed E-state index contributed by atoms with van der Waals surface area (Å²) in [6.07, 6.45) is 1.82. The Balaban J connectivity index is 2.14. The molecule has 0 saturated heterocycles. The van der Waals surface area contributed by atoms with Crippen molar-refractivity contribution in [2.75, 3.05) is 32.6 Å². The summed E-state index contributed by atoms with van der Waals surface area (Å²) >= 11 is 0. The largest absolute Gasteiger partial charge is 0.378 e. The molecule has 1 heterocycles. The zero-order valence-electron chi connectivity index (χ0n) is 16.4. The Morgan fingerprint density at radius 3 is 2.69 bits per heavy atom. The molecule has 0 aliphatic carbocycles. The molecule has 0 amide bonds. The van der Waals surface area contributed by atoms with Gasteiger partial charge in [0.05, 0.1) is 0 Å². The fourth-order valence-corrected chi connectivity index (χ4v) is 2.49. The second-order valence-corrected chi connectivity index (χ2v) is 6.45. The maximum absolute atomic E-state index is 4.71. The van der Waals surface area contributed by atoms with Crippen molar-refractivity contribution < 1.29 is 0 Å². The van der Waals surface area contributed by atoms with E-state index in [4.69, 9.17) is 4.99 Å². The molecular formula is C19H29N7. The Bertz CT molecular complexity index is 761. The smallest absolute Gasteiger partial charge is 0.194 e. The summed E-state index contributed by atoms with van der Waals surface area (Å²) in [6, 6.07) is 8.49. The first-order valence-corrected chi connectivity index (χ1v) is 8.64. The predicted molar refractivity (Wildman–Crippen MR) is 107 cm³/mol. The average Bonchev–Trinajstić information content (AvgIpc) is 2.94. The second-order valence-electron chi connectivity index (χ2n) is 6.45. The van der Waals surface area contributed by atoms with Crippen LogP contribution in [0, 0.1) is 6.92 Å². The molecule has 0 bridgehead atoms. The molecule has 140 valence electrons. The van der Waals surface area contributed by atoms with E-state index < -0.39 is 0 Å². The second kappa shape index (κ2) is 9.03. The molecule has 0 aliphatic rings. The summed E-state index contributed by atoms with van der Waals surface area (Å²) in [5.74, 6) is 2.52. The van der Waals surface area contributed by atoms with E-state index in [9.17, 15) is 0 Å². The van der Waals surface area contributed by atoms with Crippen molar-refractivity contribution in [3.05, 3.63) is 54.1 Å². The first-order valence-electron chi connectivity index (χ1n) is 8.64. The molecule has 2 aromatic rings. The zero-order valence-corrected chi connectivity index (χ0v) is 16.4. The fourth-order valence-electron chi connectivity index (χ4n) is 2.49. The Morgan fingerprint density at radius 1 is 1.31 bits per heavy atom. The Morgan fingerprint density at radius 2 is 2.08 bits per heavy atom. The molecule has 0 saturated carbocycles. The van der Waals surface area contributed by atoms with E-state index in [1.54, 1.807) is 0 Å². The lowest BCUT2D eigenvalue weighted by Crippen LogP contribution is -2.38. The lowest BCUT2D eigenvalue weighted by molar-refractivity contribution is 0.477. The van der Waals surface area contributed by atoms with Crippen LogP contribution in [0.25, 0.3) is 0 Å². The Hall–Kier alpha value is -2.83. The monoisotopic (exact) mass is 355 g/mol. The number of anilines is 1. The van der Waals surface area contributed by atoms with Gasteiger partial charge in [-0.25, -0.2) is 4.99 Å². The standard InChI is InChI=1S/C19H29N7/c1-7-11-20-19(21-13-18-23-22-15(2)26(18)6)25(5)14-16-9-8-10-17(12-16)24(3)4/h7-10,12H,1,11,13-14H2,2-6H3,(H,20,21). The molecule has 0 fully saturated rings. The normalized spacial score (nSPS) is 11.3. The van der Waals surface area contributed by atoms with Gasteiger partial charge >= 0.3 is 0 Å². The lowest BCUT2D eigenvalue weighted by Gasteiger charge is -2.23. The molecule has 0 unspecified atom stereocenters. The van der Waals surface area contributed by atoms with Crippen LogP contribution in [0.1, 0.15) is 17.2 Å². The molecule has 7 heteroatoms. The number of nitrogens with zero attached hydrogens (tertiary/aromatic N) is 6. The minimum absolute atomic E-state index is 0.471. The third kappa shape index (κ3) is 5.08. The summed E-state index contributed by atoms with van der Waals surface area (Å²) in [6.45, 7) is 7.58. The van der Waals surface area contributed by atoms with E-state index in [-0.39, 0.29) is 0 Å². The summed E-state index contributed by atoms with van der Waals surface area (Å²) in [5, 5.41) is 11.6. The van der Waals surface area contributed by atoms with Gasteiger partial charge in [0.15, 0.2) is 11.8 Å². The summed E-state index contributed by atoms with van der Waals surface area (Å²) in [4.78, 5) is 8.91. The van der Waals surface area contributed by atoms with Crippen molar-refractivity contribution in [2.45, 2.75) is 20.0 Å². The fraction of sp³-hybridized carbons (Fsp3) is 0.421. The molecule has 0 atom stereocenters. The third-order valence-electron chi connectivity index (χ3n) is 4.17. The van der Waals surface area contributed by atoms with Crippen molar-refractivity contribution in [1.82, 2.24) is 25.0 Å². The number of benzene rings is 1. The van der Waals surface area contributed by atoms with Crippen molar-refractivity contribution in [2.24, 2.45) is 12.0 Å². The van der Waals surface area contributed by atoms with Gasteiger partial charge in [0.2, 0.25) is 0 Å². The average molecular weight is 355 g/mol. The SMILES string of the molecule is C=CCNC(=NCc1nnc(C)n1C)N(C)Cc1cccc(N(C)C)c1. The highest BCUT2D eigenvalue weighted by Gasteiger charge is 2.09. The van der Waals surface area contributed by atoms with Gasteiger partial charge in [-0.15, -0.1) is 16.8 Å². The van der Waals surface area contributed by atoms with Crippen LogP contribution in [-0.4, -0.2) is 53.3 Å². The molecule has 0 spiro atoms. The number of nitrogens with one attached hydrogen (secondary N) is 1. The van der Waals surface area contributed by atoms with Crippen molar-refractivity contribution >= 4 is 11.6 Å². The number of guanidine groups is 1. The Labute approximate surface area is 156 Å².